The van der Waals surface area contributed by atoms with Gasteiger partial charge in [-0.25, -0.2) is 9.59 Å². The summed E-state index contributed by atoms with van der Waals surface area (Å²) in [5, 5.41) is 14.5. The van der Waals surface area contributed by atoms with Crippen molar-refractivity contribution in [3.05, 3.63) is 0 Å². The number of urea groups is 1. The van der Waals surface area contributed by atoms with Crippen LogP contribution in [0.15, 0.2) is 0 Å². The van der Waals surface area contributed by atoms with Crippen molar-refractivity contribution < 1.29 is 14.7 Å². The lowest BCUT2D eigenvalue weighted by Crippen LogP contribution is -2.49. The average molecular weight is 270 g/mol. The zero-order valence-electron chi connectivity index (χ0n) is 11.9. The van der Waals surface area contributed by atoms with E-state index in [1.165, 1.54) is 6.42 Å². The standard InChI is InChI=1S/C14H26N2O3/c1-3-6-12(13(17)18)16-14(19)15-11-8-5-7-10(4-2)9-11/h10-12H,3-9H2,1-2H3,(H,17,18)(H2,15,16,19)/t10?,11?,12-/m1/s1. The molecule has 0 heterocycles. The van der Waals surface area contributed by atoms with Gasteiger partial charge in [0.1, 0.15) is 6.04 Å². The fourth-order valence-corrected chi connectivity index (χ4v) is 2.72. The number of amides is 2. The van der Waals surface area contributed by atoms with Crippen LogP contribution in [-0.4, -0.2) is 29.2 Å². The minimum absolute atomic E-state index is 0.190. The van der Waals surface area contributed by atoms with Crippen LogP contribution < -0.4 is 10.6 Å². The molecule has 0 spiro atoms. The summed E-state index contributed by atoms with van der Waals surface area (Å²) < 4.78 is 0. The fraction of sp³-hybridized carbons (Fsp3) is 0.857. The molecule has 0 aromatic carbocycles. The minimum Gasteiger partial charge on any atom is -0.480 e. The molecule has 1 aliphatic rings. The largest absolute Gasteiger partial charge is 0.480 e. The molecule has 1 rings (SSSR count). The van der Waals surface area contributed by atoms with Crippen LogP contribution in [0.4, 0.5) is 4.79 Å². The quantitative estimate of drug-likeness (QED) is 0.694. The second kappa shape index (κ2) is 8.02. The molecule has 2 unspecified atom stereocenters. The van der Waals surface area contributed by atoms with E-state index >= 15 is 0 Å². The number of aliphatic carboxylic acids is 1. The van der Waals surface area contributed by atoms with Crippen molar-refractivity contribution in [2.45, 2.75) is 70.9 Å². The Morgan fingerprint density at radius 3 is 2.63 bits per heavy atom. The maximum Gasteiger partial charge on any atom is 0.326 e. The number of nitrogens with one attached hydrogen (secondary N) is 2. The molecule has 19 heavy (non-hydrogen) atoms. The third-order valence-electron chi connectivity index (χ3n) is 3.88. The summed E-state index contributed by atoms with van der Waals surface area (Å²) >= 11 is 0. The highest BCUT2D eigenvalue weighted by Gasteiger charge is 2.24. The van der Waals surface area contributed by atoms with Crippen molar-refractivity contribution in [2.75, 3.05) is 0 Å². The Morgan fingerprint density at radius 2 is 2.05 bits per heavy atom. The lowest BCUT2D eigenvalue weighted by molar-refractivity contribution is -0.139. The average Bonchev–Trinajstić information content (AvgIpc) is 2.38. The third-order valence-corrected chi connectivity index (χ3v) is 3.88. The summed E-state index contributed by atoms with van der Waals surface area (Å²) in [6.45, 7) is 4.08. The molecule has 1 aliphatic carbocycles. The first-order valence-corrected chi connectivity index (χ1v) is 7.36. The van der Waals surface area contributed by atoms with Gasteiger partial charge in [0.15, 0.2) is 0 Å². The van der Waals surface area contributed by atoms with Crippen molar-refractivity contribution >= 4 is 12.0 Å². The van der Waals surface area contributed by atoms with Gasteiger partial charge >= 0.3 is 12.0 Å². The number of carbonyl (C=O) groups excluding carboxylic acids is 1. The SMILES string of the molecule is CCC[C@@H](NC(=O)NC1CCCC(CC)C1)C(=O)O. The van der Waals surface area contributed by atoms with Crippen molar-refractivity contribution in [1.29, 1.82) is 0 Å². The topological polar surface area (TPSA) is 78.4 Å². The first kappa shape index (κ1) is 15.8. The zero-order valence-corrected chi connectivity index (χ0v) is 11.9. The van der Waals surface area contributed by atoms with Crippen LogP contribution in [0, 0.1) is 5.92 Å². The normalized spacial score (nSPS) is 24.5. The molecule has 5 heteroatoms. The van der Waals surface area contributed by atoms with Gasteiger partial charge in [-0.15, -0.1) is 0 Å². The summed E-state index contributed by atoms with van der Waals surface area (Å²) in [6.07, 6.45) is 6.73. The maximum atomic E-state index is 11.8. The molecule has 0 radical (unpaired) electrons. The lowest BCUT2D eigenvalue weighted by Gasteiger charge is -2.29. The summed E-state index contributed by atoms with van der Waals surface area (Å²) in [7, 11) is 0. The summed E-state index contributed by atoms with van der Waals surface area (Å²) in [5.41, 5.74) is 0. The number of carbonyl (C=O) groups is 2. The van der Waals surface area contributed by atoms with Crippen molar-refractivity contribution in [2.24, 2.45) is 5.92 Å². The van der Waals surface area contributed by atoms with E-state index in [1.54, 1.807) is 0 Å². The zero-order chi connectivity index (χ0) is 14.3. The number of hydrogen-bond acceptors (Lipinski definition) is 2. The molecule has 0 aliphatic heterocycles. The van der Waals surface area contributed by atoms with Gasteiger partial charge < -0.3 is 15.7 Å². The number of carboxylic acid groups (broad SMARTS) is 1. The van der Waals surface area contributed by atoms with Gasteiger partial charge in [0, 0.05) is 6.04 Å². The fourth-order valence-electron chi connectivity index (χ4n) is 2.72. The monoisotopic (exact) mass is 270 g/mol. The predicted molar refractivity (Wildman–Crippen MR) is 74.0 cm³/mol. The Morgan fingerprint density at radius 1 is 1.32 bits per heavy atom. The molecule has 1 fully saturated rings. The van der Waals surface area contributed by atoms with E-state index in [1.807, 2.05) is 6.92 Å². The van der Waals surface area contributed by atoms with Crippen molar-refractivity contribution in [3.8, 4) is 0 Å². The first-order valence-electron chi connectivity index (χ1n) is 7.36. The molecule has 0 bridgehead atoms. The molecule has 5 nitrogen and oxygen atoms in total. The highest BCUT2D eigenvalue weighted by molar-refractivity contribution is 5.82. The summed E-state index contributed by atoms with van der Waals surface area (Å²) in [6, 6.07) is -0.937. The van der Waals surface area contributed by atoms with Gasteiger partial charge in [0.05, 0.1) is 0 Å². The van der Waals surface area contributed by atoms with Crippen LogP contribution in [0.3, 0.4) is 0 Å². The Kier molecular flexibility index (Phi) is 6.67. The smallest absolute Gasteiger partial charge is 0.326 e. The molecule has 0 aromatic heterocycles. The van der Waals surface area contributed by atoms with Crippen LogP contribution >= 0.6 is 0 Å². The molecule has 0 aromatic rings. The van der Waals surface area contributed by atoms with Crippen molar-refractivity contribution in [1.82, 2.24) is 10.6 Å². The van der Waals surface area contributed by atoms with Crippen LogP contribution in [0.2, 0.25) is 0 Å². The number of hydrogen-bond donors (Lipinski definition) is 3. The molecule has 1 saturated carbocycles. The Hall–Kier alpha value is -1.26. The Balaban J connectivity index is 2.39. The third kappa shape index (κ3) is 5.49. The van der Waals surface area contributed by atoms with Gasteiger partial charge in [-0.1, -0.05) is 39.5 Å². The van der Waals surface area contributed by atoms with E-state index in [0.717, 1.165) is 32.1 Å². The first-order chi connectivity index (χ1) is 9.06. The van der Waals surface area contributed by atoms with E-state index in [9.17, 15) is 9.59 Å². The van der Waals surface area contributed by atoms with Crippen LogP contribution in [-0.2, 0) is 4.79 Å². The van der Waals surface area contributed by atoms with E-state index < -0.39 is 12.0 Å². The highest BCUT2D eigenvalue weighted by atomic mass is 16.4. The van der Waals surface area contributed by atoms with Gasteiger partial charge in [-0.3, -0.25) is 0 Å². The summed E-state index contributed by atoms with van der Waals surface area (Å²) in [5.74, 6) is -0.281. The Labute approximate surface area is 115 Å². The van der Waals surface area contributed by atoms with E-state index in [0.29, 0.717) is 12.3 Å². The van der Waals surface area contributed by atoms with Gasteiger partial charge in [0.25, 0.3) is 0 Å². The van der Waals surface area contributed by atoms with E-state index in [2.05, 4.69) is 17.6 Å². The van der Waals surface area contributed by atoms with Crippen molar-refractivity contribution in [3.63, 3.8) is 0 Å². The molecular weight excluding hydrogens is 244 g/mol. The molecule has 3 atom stereocenters. The van der Waals surface area contributed by atoms with Crippen LogP contribution in [0.1, 0.15) is 58.8 Å². The lowest BCUT2D eigenvalue weighted by atomic mass is 9.84. The Bertz CT molecular complexity index is 307. The molecule has 2 amide bonds. The van der Waals surface area contributed by atoms with E-state index in [4.69, 9.17) is 5.11 Å². The number of rotatable bonds is 6. The molecule has 3 N–H and O–H groups in total. The predicted octanol–water partition coefficient (Wildman–Crippen LogP) is 2.51. The molecular formula is C14H26N2O3. The highest BCUT2D eigenvalue weighted by Crippen LogP contribution is 2.26. The van der Waals surface area contributed by atoms with Gasteiger partial charge in [-0.05, 0) is 25.2 Å². The molecule has 0 saturated heterocycles. The van der Waals surface area contributed by atoms with Crippen LogP contribution in [0.25, 0.3) is 0 Å². The number of carboxylic acids is 1. The summed E-state index contributed by atoms with van der Waals surface area (Å²) in [4.78, 5) is 22.8. The van der Waals surface area contributed by atoms with Gasteiger partial charge in [-0.2, -0.15) is 0 Å². The minimum atomic E-state index is -0.966. The van der Waals surface area contributed by atoms with Gasteiger partial charge in [0.2, 0.25) is 0 Å². The second-order valence-electron chi connectivity index (χ2n) is 5.44. The maximum absolute atomic E-state index is 11.8. The van der Waals surface area contributed by atoms with E-state index in [-0.39, 0.29) is 12.1 Å². The second-order valence-corrected chi connectivity index (χ2v) is 5.44. The molecule has 110 valence electrons. The van der Waals surface area contributed by atoms with Crippen LogP contribution in [0.5, 0.6) is 0 Å².